The molecule has 0 aliphatic heterocycles. The molecule has 0 saturated carbocycles. The van der Waals surface area contributed by atoms with E-state index in [0.29, 0.717) is 9.84 Å². The molecule has 0 radical (unpaired) electrons. The van der Waals surface area contributed by atoms with E-state index in [4.69, 9.17) is 3.07 Å². The first-order chi connectivity index (χ1) is 6.52. The van der Waals surface area contributed by atoms with Crippen LogP contribution in [0.15, 0.2) is 0 Å². The van der Waals surface area contributed by atoms with E-state index in [1.165, 1.54) is 0 Å². The number of hydrogen-bond donors (Lipinski definition) is 1. The standard InChI is InChI=1S/C9H17I2NO2/c1-6(4-5-7(2)10)8(12-3)9(13)14-11/h6-8,12H,4-5H2,1-3H3/t6?,7?,8-/m0/s1. The molecular formula is C9H17I2NO2. The first-order valence-electron chi connectivity index (χ1n) is 4.66. The van der Waals surface area contributed by atoms with Gasteiger partial charge >= 0.3 is 5.97 Å². The van der Waals surface area contributed by atoms with Gasteiger partial charge in [-0.1, -0.05) is 36.4 Å². The molecule has 0 spiro atoms. The number of carbonyl (C=O) groups is 1. The number of alkyl halides is 1. The van der Waals surface area contributed by atoms with Crippen molar-refractivity contribution in [3.05, 3.63) is 0 Å². The molecule has 3 atom stereocenters. The highest BCUT2D eigenvalue weighted by Gasteiger charge is 2.24. The van der Waals surface area contributed by atoms with Crippen LogP contribution in [0.4, 0.5) is 0 Å². The van der Waals surface area contributed by atoms with E-state index >= 15 is 0 Å². The zero-order valence-corrected chi connectivity index (χ0v) is 13.0. The second-order valence-corrected chi connectivity index (χ2v) is 6.06. The Morgan fingerprint density at radius 3 is 2.36 bits per heavy atom. The van der Waals surface area contributed by atoms with Crippen LogP contribution in [-0.2, 0) is 7.86 Å². The van der Waals surface area contributed by atoms with Crippen molar-refractivity contribution >= 4 is 51.6 Å². The van der Waals surface area contributed by atoms with Gasteiger partial charge in [0.25, 0.3) is 0 Å². The molecule has 2 unspecified atom stereocenters. The first-order valence-corrected chi connectivity index (χ1v) is 6.79. The Labute approximate surface area is 114 Å². The number of carbonyl (C=O) groups excluding carboxylic acids is 1. The Morgan fingerprint density at radius 2 is 2.00 bits per heavy atom. The molecule has 0 saturated heterocycles. The van der Waals surface area contributed by atoms with Crippen LogP contribution in [0.3, 0.4) is 0 Å². The lowest BCUT2D eigenvalue weighted by molar-refractivity contribution is -0.134. The van der Waals surface area contributed by atoms with Crippen molar-refractivity contribution in [2.24, 2.45) is 5.92 Å². The Balaban J connectivity index is 4.04. The van der Waals surface area contributed by atoms with E-state index in [9.17, 15) is 4.79 Å². The summed E-state index contributed by atoms with van der Waals surface area (Å²) in [6, 6.07) is -0.179. The third-order valence-corrected chi connectivity index (χ3v) is 3.29. The fourth-order valence-electron chi connectivity index (χ4n) is 1.34. The Bertz CT molecular complexity index is 176. The van der Waals surface area contributed by atoms with Crippen LogP contribution in [0.5, 0.6) is 0 Å². The van der Waals surface area contributed by atoms with Crippen molar-refractivity contribution in [1.29, 1.82) is 0 Å². The zero-order valence-electron chi connectivity index (χ0n) is 8.72. The van der Waals surface area contributed by atoms with Gasteiger partial charge in [0.2, 0.25) is 0 Å². The smallest absolute Gasteiger partial charge is 0.332 e. The van der Waals surface area contributed by atoms with Crippen molar-refractivity contribution in [3.8, 4) is 0 Å². The summed E-state index contributed by atoms with van der Waals surface area (Å²) in [5.41, 5.74) is 0. The van der Waals surface area contributed by atoms with E-state index in [2.05, 4.69) is 41.8 Å². The Hall–Kier alpha value is 0.890. The highest BCUT2D eigenvalue weighted by molar-refractivity contribution is 14.1. The second-order valence-electron chi connectivity index (χ2n) is 3.50. The van der Waals surface area contributed by atoms with Gasteiger partial charge < -0.3 is 8.38 Å². The minimum atomic E-state index is -0.179. The summed E-state index contributed by atoms with van der Waals surface area (Å²) in [5.74, 6) is 0.140. The van der Waals surface area contributed by atoms with E-state index in [1.54, 1.807) is 30.1 Å². The number of likely N-dealkylation sites (N-methyl/N-ethyl adjacent to an activating group) is 1. The van der Waals surface area contributed by atoms with Gasteiger partial charge in [0.15, 0.2) is 23.0 Å². The molecule has 84 valence electrons. The summed E-state index contributed by atoms with van der Waals surface area (Å²) in [7, 11) is 1.79. The lowest BCUT2D eigenvalue weighted by Crippen LogP contribution is -2.40. The summed E-state index contributed by atoms with van der Waals surface area (Å²) >= 11 is 4.04. The molecule has 0 aliphatic rings. The van der Waals surface area contributed by atoms with Crippen LogP contribution < -0.4 is 5.32 Å². The molecule has 0 aromatic rings. The topological polar surface area (TPSA) is 38.3 Å². The van der Waals surface area contributed by atoms with Crippen LogP contribution in [-0.4, -0.2) is 23.0 Å². The highest BCUT2D eigenvalue weighted by atomic mass is 127. The van der Waals surface area contributed by atoms with Crippen molar-refractivity contribution in [1.82, 2.24) is 5.32 Å². The van der Waals surface area contributed by atoms with Gasteiger partial charge in [0, 0.05) is 3.92 Å². The van der Waals surface area contributed by atoms with Gasteiger partial charge in [-0.3, -0.25) is 0 Å². The number of hydrogen-bond acceptors (Lipinski definition) is 3. The van der Waals surface area contributed by atoms with Crippen molar-refractivity contribution in [2.75, 3.05) is 7.05 Å². The predicted octanol–water partition coefficient (Wildman–Crippen LogP) is 2.71. The maximum atomic E-state index is 11.3. The van der Waals surface area contributed by atoms with Crippen LogP contribution in [0.1, 0.15) is 26.7 Å². The maximum absolute atomic E-state index is 11.3. The number of halogens is 2. The minimum Gasteiger partial charge on any atom is -0.393 e. The SMILES string of the molecule is CN[C@H](C(=O)OI)C(C)CCC(C)I. The van der Waals surface area contributed by atoms with E-state index < -0.39 is 0 Å². The number of rotatable bonds is 6. The quantitative estimate of drug-likeness (QED) is 0.526. The lowest BCUT2D eigenvalue weighted by Gasteiger charge is -2.20. The molecular weight excluding hydrogens is 408 g/mol. The molecule has 0 fully saturated rings. The Morgan fingerprint density at radius 1 is 1.43 bits per heavy atom. The monoisotopic (exact) mass is 425 g/mol. The fraction of sp³-hybridized carbons (Fsp3) is 0.889. The second kappa shape index (κ2) is 8.09. The van der Waals surface area contributed by atoms with Crippen LogP contribution >= 0.6 is 45.6 Å². The molecule has 14 heavy (non-hydrogen) atoms. The molecule has 0 bridgehead atoms. The molecule has 5 heteroatoms. The van der Waals surface area contributed by atoms with Gasteiger partial charge in [-0.05, 0) is 25.8 Å². The molecule has 0 aliphatic carbocycles. The van der Waals surface area contributed by atoms with Crippen LogP contribution in [0, 0.1) is 5.92 Å². The summed E-state index contributed by atoms with van der Waals surface area (Å²) in [6.45, 7) is 4.26. The maximum Gasteiger partial charge on any atom is 0.332 e. The molecule has 0 amide bonds. The van der Waals surface area contributed by atoms with Crippen LogP contribution in [0.2, 0.25) is 0 Å². The average Bonchev–Trinajstić information content (AvgIpc) is 2.15. The van der Waals surface area contributed by atoms with Gasteiger partial charge in [0.1, 0.15) is 6.04 Å². The number of nitrogens with one attached hydrogen (secondary N) is 1. The molecule has 0 rings (SSSR count). The van der Waals surface area contributed by atoms with Gasteiger partial charge in [-0.25, -0.2) is 4.79 Å². The van der Waals surface area contributed by atoms with Crippen molar-refractivity contribution in [3.63, 3.8) is 0 Å². The summed E-state index contributed by atoms with van der Waals surface area (Å²) in [6.07, 6.45) is 2.18. The first kappa shape index (κ1) is 14.9. The Kier molecular flexibility index (Phi) is 8.60. The third-order valence-electron chi connectivity index (χ3n) is 2.23. The minimum absolute atomic E-state index is 0.179. The normalized spacial score (nSPS) is 17.2. The van der Waals surface area contributed by atoms with E-state index in [-0.39, 0.29) is 12.0 Å². The molecule has 0 aromatic carbocycles. The third kappa shape index (κ3) is 5.69. The molecule has 0 aromatic heterocycles. The summed E-state index contributed by atoms with van der Waals surface area (Å²) in [5, 5.41) is 2.99. The lowest BCUT2D eigenvalue weighted by atomic mass is 9.96. The summed E-state index contributed by atoms with van der Waals surface area (Å²) in [4.78, 5) is 11.3. The highest BCUT2D eigenvalue weighted by Crippen LogP contribution is 2.17. The predicted molar refractivity (Wildman–Crippen MR) is 74.8 cm³/mol. The molecule has 1 N–H and O–H groups in total. The molecule has 0 heterocycles. The fourth-order valence-corrected chi connectivity index (χ4v) is 1.98. The zero-order chi connectivity index (χ0) is 11.1. The van der Waals surface area contributed by atoms with Gasteiger partial charge in [0.05, 0.1) is 0 Å². The van der Waals surface area contributed by atoms with E-state index in [1.807, 2.05) is 0 Å². The van der Waals surface area contributed by atoms with Crippen molar-refractivity contribution < 1.29 is 7.86 Å². The largest absolute Gasteiger partial charge is 0.393 e. The van der Waals surface area contributed by atoms with E-state index in [0.717, 1.165) is 12.8 Å². The summed E-state index contributed by atoms with van der Waals surface area (Å²) < 4.78 is 5.35. The average molecular weight is 425 g/mol. The molecule has 3 nitrogen and oxygen atoms in total. The van der Waals surface area contributed by atoms with Gasteiger partial charge in [-0.15, -0.1) is 0 Å². The van der Waals surface area contributed by atoms with Gasteiger partial charge in [-0.2, -0.15) is 0 Å². The van der Waals surface area contributed by atoms with Crippen LogP contribution in [0.25, 0.3) is 0 Å². The van der Waals surface area contributed by atoms with Crippen molar-refractivity contribution in [2.45, 2.75) is 36.7 Å².